The van der Waals surface area contributed by atoms with E-state index in [1.165, 1.54) is 11.1 Å². The van der Waals surface area contributed by atoms with E-state index in [0.717, 1.165) is 4.90 Å². The van der Waals surface area contributed by atoms with Crippen molar-refractivity contribution >= 4 is 18.2 Å². The van der Waals surface area contributed by atoms with Gasteiger partial charge in [-0.3, -0.25) is 0 Å². The molecular formula is C10H12S. The SMILES string of the molecule is CC=C(C)c1ccccc1S. The summed E-state index contributed by atoms with van der Waals surface area (Å²) in [5.74, 6) is 0. The van der Waals surface area contributed by atoms with Gasteiger partial charge in [-0.05, 0) is 31.1 Å². The van der Waals surface area contributed by atoms with Gasteiger partial charge in [-0.2, -0.15) is 0 Å². The zero-order chi connectivity index (χ0) is 8.27. The molecule has 0 spiro atoms. The molecule has 1 aromatic carbocycles. The maximum absolute atomic E-state index is 4.35. The van der Waals surface area contributed by atoms with E-state index < -0.39 is 0 Å². The van der Waals surface area contributed by atoms with Crippen molar-refractivity contribution in [3.63, 3.8) is 0 Å². The van der Waals surface area contributed by atoms with Gasteiger partial charge in [0.15, 0.2) is 0 Å². The monoisotopic (exact) mass is 164 g/mol. The summed E-state index contributed by atoms with van der Waals surface area (Å²) in [6, 6.07) is 8.11. The third-order valence-corrected chi connectivity index (χ3v) is 2.15. The van der Waals surface area contributed by atoms with Crippen LogP contribution in [0.4, 0.5) is 0 Å². The molecule has 0 saturated heterocycles. The topological polar surface area (TPSA) is 0 Å². The van der Waals surface area contributed by atoms with Crippen molar-refractivity contribution in [2.45, 2.75) is 18.7 Å². The molecule has 0 heterocycles. The first-order chi connectivity index (χ1) is 5.25. The molecule has 0 fully saturated rings. The van der Waals surface area contributed by atoms with Crippen molar-refractivity contribution in [1.82, 2.24) is 0 Å². The van der Waals surface area contributed by atoms with Crippen LogP contribution in [-0.2, 0) is 0 Å². The molecule has 11 heavy (non-hydrogen) atoms. The summed E-state index contributed by atoms with van der Waals surface area (Å²) in [5.41, 5.74) is 2.49. The molecule has 0 radical (unpaired) electrons. The van der Waals surface area contributed by atoms with Crippen LogP contribution in [-0.4, -0.2) is 0 Å². The van der Waals surface area contributed by atoms with Crippen LogP contribution < -0.4 is 0 Å². The van der Waals surface area contributed by atoms with Crippen molar-refractivity contribution in [2.24, 2.45) is 0 Å². The fraction of sp³-hybridized carbons (Fsp3) is 0.200. The van der Waals surface area contributed by atoms with Crippen LogP contribution in [0.5, 0.6) is 0 Å². The Hall–Kier alpha value is -0.690. The Balaban J connectivity index is 3.14. The minimum Gasteiger partial charge on any atom is -0.143 e. The predicted molar refractivity (Wildman–Crippen MR) is 53.0 cm³/mol. The molecule has 0 unspecified atom stereocenters. The zero-order valence-electron chi connectivity index (χ0n) is 6.83. The minimum atomic E-state index is 1.04. The first kappa shape index (κ1) is 8.41. The lowest BCUT2D eigenvalue weighted by atomic mass is 10.1. The Morgan fingerprint density at radius 1 is 1.36 bits per heavy atom. The lowest BCUT2D eigenvalue weighted by molar-refractivity contribution is 1.39. The Bertz CT molecular complexity index is 274. The second-order valence-corrected chi connectivity index (χ2v) is 2.97. The third kappa shape index (κ3) is 1.87. The van der Waals surface area contributed by atoms with Crippen molar-refractivity contribution in [3.05, 3.63) is 35.9 Å². The molecule has 0 saturated carbocycles. The van der Waals surface area contributed by atoms with Crippen molar-refractivity contribution in [1.29, 1.82) is 0 Å². The molecule has 0 N–H and O–H groups in total. The third-order valence-electron chi connectivity index (χ3n) is 1.76. The summed E-state index contributed by atoms with van der Waals surface area (Å²) in [7, 11) is 0. The van der Waals surface area contributed by atoms with Gasteiger partial charge in [-0.1, -0.05) is 24.3 Å². The summed E-state index contributed by atoms with van der Waals surface area (Å²) < 4.78 is 0. The van der Waals surface area contributed by atoms with Crippen LogP contribution >= 0.6 is 12.6 Å². The summed E-state index contributed by atoms with van der Waals surface area (Å²) in [6.45, 7) is 4.13. The molecular weight excluding hydrogens is 152 g/mol. The largest absolute Gasteiger partial charge is 0.143 e. The van der Waals surface area contributed by atoms with Crippen LogP contribution in [0.1, 0.15) is 19.4 Å². The summed E-state index contributed by atoms with van der Waals surface area (Å²) in [4.78, 5) is 1.04. The Morgan fingerprint density at radius 3 is 2.55 bits per heavy atom. The summed E-state index contributed by atoms with van der Waals surface area (Å²) >= 11 is 4.35. The highest BCUT2D eigenvalue weighted by Gasteiger charge is 1.96. The van der Waals surface area contributed by atoms with Crippen LogP contribution in [0, 0.1) is 0 Å². The normalized spacial score (nSPS) is 11.7. The number of benzene rings is 1. The second-order valence-electron chi connectivity index (χ2n) is 2.49. The fourth-order valence-electron chi connectivity index (χ4n) is 0.963. The minimum absolute atomic E-state index is 1.04. The lowest BCUT2D eigenvalue weighted by Gasteiger charge is -2.02. The van der Waals surface area contributed by atoms with Crippen molar-refractivity contribution in [3.8, 4) is 0 Å². The van der Waals surface area contributed by atoms with Crippen molar-refractivity contribution < 1.29 is 0 Å². The lowest BCUT2D eigenvalue weighted by Crippen LogP contribution is -1.79. The van der Waals surface area contributed by atoms with Gasteiger partial charge >= 0.3 is 0 Å². The van der Waals surface area contributed by atoms with Gasteiger partial charge in [0.1, 0.15) is 0 Å². The number of hydrogen-bond donors (Lipinski definition) is 1. The molecule has 0 bridgehead atoms. The average molecular weight is 164 g/mol. The van der Waals surface area contributed by atoms with E-state index in [1.54, 1.807) is 0 Å². The van der Waals surface area contributed by atoms with Crippen LogP contribution in [0.3, 0.4) is 0 Å². The maximum atomic E-state index is 4.35. The summed E-state index contributed by atoms with van der Waals surface area (Å²) in [6.07, 6.45) is 2.09. The molecule has 0 aliphatic carbocycles. The molecule has 0 aromatic heterocycles. The van der Waals surface area contributed by atoms with Crippen LogP contribution in [0.2, 0.25) is 0 Å². The molecule has 1 aromatic rings. The van der Waals surface area contributed by atoms with E-state index in [9.17, 15) is 0 Å². The highest BCUT2D eigenvalue weighted by atomic mass is 32.1. The number of hydrogen-bond acceptors (Lipinski definition) is 1. The van der Waals surface area contributed by atoms with Crippen LogP contribution in [0.25, 0.3) is 5.57 Å². The molecule has 0 amide bonds. The average Bonchev–Trinajstić information content (AvgIpc) is 2.04. The molecule has 1 heteroatoms. The fourth-order valence-corrected chi connectivity index (χ4v) is 1.30. The van der Waals surface area contributed by atoms with Gasteiger partial charge in [0.25, 0.3) is 0 Å². The smallest absolute Gasteiger partial charge is 0.0115 e. The Labute approximate surface area is 73.4 Å². The quantitative estimate of drug-likeness (QED) is 0.604. The van der Waals surface area contributed by atoms with Crippen LogP contribution in [0.15, 0.2) is 35.2 Å². The maximum Gasteiger partial charge on any atom is 0.0115 e. The molecule has 58 valence electrons. The predicted octanol–water partition coefficient (Wildman–Crippen LogP) is 3.40. The number of thiol groups is 1. The van der Waals surface area contributed by atoms with Gasteiger partial charge in [0.05, 0.1) is 0 Å². The molecule has 1 rings (SSSR count). The van der Waals surface area contributed by atoms with E-state index in [-0.39, 0.29) is 0 Å². The Kier molecular flexibility index (Phi) is 2.77. The molecule has 0 aliphatic rings. The molecule has 0 aliphatic heterocycles. The van der Waals surface area contributed by atoms with E-state index >= 15 is 0 Å². The number of rotatable bonds is 1. The molecule has 0 atom stereocenters. The van der Waals surface area contributed by atoms with Crippen molar-refractivity contribution in [2.75, 3.05) is 0 Å². The van der Waals surface area contributed by atoms with E-state index in [0.29, 0.717) is 0 Å². The van der Waals surface area contributed by atoms with Gasteiger partial charge < -0.3 is 0 Å². The van der Waals surface area contributed by atoms with Gasteiger partial charge in [-0.25, -0.2) is 0 Å². The highest BCUT2D eigenvalue weighted by molar-refractivity contribution is 7.80. The highest BCUT2D eigenvalue weighted by Crippen LogP contribution is 2.20. The van der Waals surface area contributed by atoms with E-state index in [2.05, 4.69) is 31.7 Å². The number of allylic oxidation sites excluding steroid dienone is 2. The summed E-state index contributed by atoms with van der Waals surface area (Å²) in [5, 5.41) is 0. The van der Waals surface area contributed by atoms with Gasteiger partial charge in [0, 0.05) is 4.90 Å². The van der Waals surface area contributed by atoms with Gasteiger partial charge in [0.2, 0.25) is 0 Å². The first-order valence-corrected chi connectivity index (χ1v) is 4.11. The first-order valence-electron chi connectivity index (χ1n) is 3.67. The standard InChI is InChI=1S/C10H12S/c1-3-8(2)9-6-4-5-7-10(9)11/h3-7,11H,1-2H3. The second kappa shape index (κ2) is 3.63. The zero-order valence-corrected chi connectivity index (χ0v) is 7.73. The Morgan fingerprint density at radius 2 is 2.00 bits per heavy atom. The van der Waals surface area contributed by atoms with Gasteiger partial charge in [-0.15, -0.1) is 12.6 Å². The van der Waals surface area contributed by atoms with E-state index in [1.807, 2.05) is 25.1 Å². The molecule has 0 nitrogen and oxygen atoms in total. The van der Waals surface area contributed by atoms with E-state index in [4.69, 9.17) is 0 Å².